The zero-order valence-electron chi connectivity index (χ0n) is 16.4. The van der Waals surface area contributed by atoms with Crippen molar-refractivity contribution in [1.82, 2.24) is 5.43 Å². The predicted molar refractivity (Wildman–Crippen MR) is 108 cm³/mol. The molecule has 0 fully saturated rings. The van der Waals surface area contributed by atoms with E-state index in [1.54, 1.807) is 30.3 Å². The third kappa shape index (κ3) is 8.55. The third-order valence-electron chi connectivity index (χ3n) is 4.09. The van der Waals surface area contributed by atoms with Gasteiger partial charge in [-0.3, -0.25) is 9.59 Å². The van der Waals surface area contributed by atoms with Crippen LogP contribution in [0.25, 0.3) is 0 Å². The van der Waals surface area contributed by atoms with Crippen molar-refractivity contribution in [1.29, 1.82) is 0 Å². The van der Waals surface area contributed by atoms with Gasteiger partial charge in [-0.25, -0.2) is 9.82 Å². The minimum Gasteiger partial charge on any atom is -0.469 e. The van der Waals surface area contributed by atoms with Crippen molar-refractivity contribution >= 4 is 18.1 Å². The minimum atomic E-state index is -0.484. The van der Waals surface area contributed by atoms with Crippen LogP contribution < -0.4 is 10.2 Å². The lowest BCUT2D eigenvalue weighted by Gasteiger charge is -2.07. The van der Waals surface area contributed by atoms with Crippen molar-refractivity contribution in [2.24, 2.45) is 5.10 Å². The Bertz CT molecular complexity index is 825. The molecule has 6 nitrogen and oxygen atoms in total. The van der Waals surface area contributed by atoms with Crippen molar-refractivity contribution in [2.45, 2.75) is 38.5 Å². The number of hydrogen-bond donors (Lipinski definition) is 1. The van der Waals surface area contributed by atoms with Crippen molar-refractivity contribution in [2.75, 3.05) is 7.11 Å². The van der Waals surface area contributed by atoms with Gasteiger partial charge >= 0.3 is 5.97 Å². The largest absolute Gasteiger partial charge is 0.469 e. The van der Waals surface area contributed by atoms with Crippen LogP contribution in [0.3, 0.4) is 0 Å². The first-order chi connectivity index (χ1) is 14.1. The molecule has 0 atom stereocenters. The molecule has 0 aromatic heterocycles. The van der Waals surface area contributed by atoms with Gasteiger partial charge in [0.2, 0.25) is 5.91 Å². The maximum atomic E-state index is 13.9. The van der Waals surface area contributed by atoms with Crippen LogP contribution in [0.15, 0.2) is 53.6 Å². The van der Waals surface area contributed by atoms with E-state index in [0.29, 0.717) is 30.6 Å². The monoisotopic (exact) mass is 400 g/mol. The molecule has 2 aromatic rings. The Hall–Kier alpha value is -3.22. The standard InChI is InChI=1S/C22H25FN2O4/c1-28-22(27)12-8-3-2-7-11-21(26)25-24-16-17-13-14-19(23)20(15-17)29-18-9-5-4-6-10-18/h4-6,9-10,13-16H,2-3,7-8,11-12H2,1H3,(H,25,26)/b24-16+. The van der Waals surface area contributed by atoms with Crippen LogP contribution in [0, 0.1) is 5.82 Å². The van der Waals surface area contributed by atoms with Crippen molar-refractivity contribution in [3.05, 3.63) is 59.9 Å². The van der Waals surface area contributed by atoms with Gasteiger partial charge in [0.05, 0.1) is 13.3 Å². The molecular weight excluding hydrogens is 375 g/mol. The van der Waals surface area contributed by atoms with Crippen LogP contribution in [0.1, 0.15) is 44.1 Å². The number of nitrogens with one attached hydrogen (secondary N) is 1. The second-order valence-electron chi connectivity index (χ2n) is 6.39. The third-order valence-corrected chi connectivity index (χ3v) is 4.09. The fourth-order valence-electron chi connectivity index (χ4n) is 2.54. The molecule has 0 saturated heterocycles. The number of para-hydroxylation sites is 1. The topological polar surface area (TPSA) is 77.0 Å². The van der Waals surface area contributed by atoms with Gasteiger partial charge in [-0.2, -0.15) is 5.10 Å². The van der Waals surface area contributed by atoms with Gasteiger partial charge in [-0.1, -0.05) is 37.1 Å². The summed E-state index contributed by atoms with van der Waals surface area (Å²) in [5.41, 5.74) is 3.05. The highest BCUT2D eigenvalue weighted by Crippen LogP contribution is 2.24. The lowest BCUT2D eigenvalue weighted by Crippen LogP contribution is -2.16. The van der Waals surface area contributed by atoms with E-state index in [4.69, 9.17) is 4.74 Å². The predicted octanol–water partition coefficient (Wildman–Crippen LogP) is 4.58. The lowest BCUT2D eigenvalue weighted by molar-refractivity contribution is -0.140. The van der Waals surface area contributed by atoms with Crippen molar-refractivity contribution < 1.29 is 23.5 Å². The number of carbonyl (C=O) groups is 2. The first-order valence-electron chi connectivity index (χ1n) is 9.49. The molecule has 0 bridgehead atoms. The number of hydrogen-bond acceptors (Lipinski definition) is 5. The van der Waals surface area contributed by atoms with E-state index in [-0.39, 0.29) is 17.6 Å². The molecule has 154 valence electrons. The maximum absolute atomic E-state index is 13.9. The zero-order valence-corrected chi connectivity index (χ0v) is 16.4. The molecule has 1 N–H and O–H groups in total. The Kier molecular flexibility index (Phi) is 9.35. The molecule has 0 radical (unpaired) electrons. The Morgan fingerprint density at radius 2 is 1.76 bits per heavy atom. The molecule has 0 saturated carbocycles. The lowest BCUT2D eigenvalue weighted by atomic mass is 10.1. The molecule has 0 heterocycles. The fourth-order valence-corrected chi connectivity index (χ4v) is 2.54. The SMILES string of the molecule is COC(=O)CCCCCCC(=O)N/N=C/c1ccc(F)c(Oc2ccccc2)c1. The Balaban J connectivity index is 1.73. The van der Waals surface area contributed by atoms with E-state index in [0.717, 1.165) is 19.3 Å². The molecule has 0 aliphatic rings. The smallest absolute Gasteiger partial charge is 0.305 e. The molecule has 1 amide bonds. The summed E-state index contributed by atoms with van der Waals surface area (Å²) >= 11 is 0. The highest BCUT2D eigenvalue weighted by Gasteiger charge is 2.06. The van der Waals surface area contributed by atoms with Crippen molar-refractivity contribution in [3.8, 4) is 11.5 Å². The number of hydrazone groups is 1. The van der Waals surface area contributed by atoms with Gasteiger partial charge in [-0.05, 0) is 42.7 Å². The van der Waals surface area contributed by atoms with E-state index in [9.17, 15) is 14.0 Å². The first-order valence-corrected chi connectivity index (χ1v) is 9.49. The number of rotatable bonds is 11. The van der Waals surface area contributed by atoms with Crippen LogP contribution in [-0.4, -0.2) is 25.2 Å². The van der Waals surface area contributed by atoms with Gasteiger partial charge < -0.3 is 9.47 Å². The minimum absolute atomic E-state index is 0.0819. The molecule has 29 heavy (non-hydrogen) atoms. The average Bonchev–Trinajstić information content (AvgIpc) is 2.73. The second-order valence-corrected chi connectivity index (χ2v) is 6.39. The number of esters is 1. The summed E-state index contributed by atoms with van der Waals surface area (Å²) in [4.78, 5) is 22.8. The van der Waals surface area contributed by atoms with Crippen LogP contribution in [0.4, 0.5) is 4.39 Å². The molecule has 2 rings (SSSR count). The van der Waals surface area contributed by atoms with E-state index in [1.165, 1.54) is 25.5 Å². The Labute approximate surface area is 169 Å². The molecular formula is C22H25FN2O4. The molecule has 0 aliphatic carbocycles. The van der Waals surface area contributed by atoms with Crippen LogP contribution >= 0.6 is 0 Å². The molecule has 0 spiro atoms. The van der Waals surface area contributed by atoms with Gasteiger partial charge in [0, 0.05) is 12.8 Å². The normalized spacial score (nSPS) is 10.7. The highest BCUT2D eigenvalue weighted by atomic mass is 19.1. The fraction of sp³-hybridized carbons (Fsp3) is 0.318. The average molecular weight is 400 g/mol. The van der Waals surface area contributed by atoms with Crippen LogP contribution in [0.2, 0.25) is 0 Å². The second kappa shape index (κ2) is 12.3. The van der Waals surface area contributed by atoms with Gasteiger partial charge in [0.15, 0.2) is 11.6 Å². The number of amides is 1. The molecule has 7 heteroatoms. The summed E-state index contributed by atoms with van der Waals surface area (Å²) < 4.78 is 24.0. The Morgan fingerprint density at radius 3 is 2.48 bits per heavy atom. The zero-order chi connectivity index (χ0) is 20.9. The number of halogens is 1. The number of carbonyl (C=O) groups excluding carboxylic acids is 2. The van der Waals surface area contributed by atoms with Crippen LogP contribution in [0.5, 0.6) is 11.5 Å². The van der Waals surface area contributed by atoms with Crippen LogP contribution in [-0.2, 0) is 14.3 Å². The van der Waals surface area contributed by atoms with Crippen molar-refractivity contribution in [3.63, 3.8) is 0 Å². The van der Waals surface area contributed by atoms with Gasteiger partial charge in [0.25, 0.3) is 0 Å². The summed E-state index contributed by atoms with van der Waals surface area (Å²) in [6.45, 7) is 0. The number of benzene rings is 2. The first kappa shape index (κ1) is 22.1. The van der Waals surface area contributed by atoms with E-state index >= 15 is 0 Å². The summed E-state index contributed by atoms with van der Waals surface area (Å²) in [5.74, 6) is -0.284. The summed E-state index contributed by atoms with van der Waals surface area (Å²) in [7, 11) is 1.37. The Morgan fingerprint density at radius 1 is 1.03 bits per heavy atom. The quantitative estimate of drug-likeness (QED) is 0.259. The summed E-state index contributed by atoms with van der Waals surface area (Å²) in [6, 6.07) is 13.3. The van der Waals surface area contributed by atoms with E-state index in [1.807, 2.05) is 6.07 Å². The molecule has 0 aliphatic heterocycles. The summed E-state index contributed by atoms with van der Waals surface area (Å²) in [6.07, 6.45) is 5.38. The molecule has 0 unspecified atom stereocenters. The van der Waals surface area contributed by atoms with Gasteiger partial charge in [0.1, 0.15) is 5.75 Å². The highest BCUT2D eigenvalue weighted by molar-refractivity contribution is 5.82. The molecule has 2 aromatic carbocycles. The van der Waals surface area contributed by atoms with Gasteiger partial charge in [-0.15, -0.1) is 0 Å². The number of nitrogens with zero attached hydrogens (tertiary/aromatic N) is 1. The number of methoxy groups -OCH3 is 1. The van der Waals surface area contributed by atoms with E-state index in [2.05, 4.69) is 15.3 Å². The number of unbranched alkanes of at least 4 members (excludes halogenated alkanes) is 3. The maximum Gasteiger partial charge on any atom is 0.305 e. The van der Waals surface area contributed by atoms with E-state index < -0.39 is 5.82 Å². The number of ether oxygens (including phenoxy) is 2. The summed E-state index contributed by atoms with van der Waals surface area (Å²) in [5, 5.41) is 3.90.